The lowest BCUT2D eigenvalue weighted by atomic mass is 10.0. The molecule has 2 rings (SSSR count). The molecule has 5 nitrogen and oxygen atoms in total. The van der Waals surface area contributed by atoms with Gasteiger partial charge in [-0.1, -0.05) is 37.3 Å². The predicted molar refractivity (Wildman–Crippen MR) is 91.1 cm³/mol. The van der Waals surface area contributed by atoms with Gasteiger partial charge in [0.25, 0.3) is 0 Å². The molecule has 0 heterocycles. The van der Waals surface area contributed by atoms with Crippen molar-refractivity contribution in [3.05, 3.63) is 60.2 Å². The lowest BCUT2D eigenvalue weighted by Gasteiger charge is -2.17. The molecule has 0 spiro atoms. The number of hydrogen-bond acceptors (Lipinski definition) is 2. The number of hydrogen-bond donors (Lipinski definition) is 3. The van der Waals surface area contributed by atoms with Crippen molar-refractivity contribution in [3.63, 3.8) is 0 Å². The molecule has 116 valence electrons. The molecule has 0 aliphatic carbocycles. The molecule has 0 fully saturated rings. The molecule has 0 amide bonds. The summed E-state index contributed by atoms with van der Waals surface area (Å²) in [6.07, 6.45) is 0.169. The van der Waals surface area contributed by atoms with E-state index in [4.69, 9.17) is 11.5 Å². The van der Waals surface area contributed by atoms with Gasteiger partial charge in [0.1, 0.15) is 0 Å². The molecular weight excluding hydrogens is 297 g/mol. The molecular formula is C16H20N3O2P. The van der Waals surface area contributed by atoms with E-state index in [1.807, 2.05) is 31.2 Å². The fourth-order valence-corrected chi connectivity index (χ4v) is 4.09. The van der Waals surface area contributed by atoms with Crippen molar-refractivity contribution in [2.75, 3.05) is 6.16 Å². The molecule has 0 bridgehead atoms. The summed E-state index contributed by atoms with van der Waals surface area (Å²) in [6.45, 7) is 1.92. The van der Waals surface area contributed by atoms with Gasteiger partial charge in [-0.05, 0) is 35.7 Å². The highest BCUT2D eigenvalue weighted by Crippen LogP contribution is 2.43. The first-order valence-corrected chi connectivity index (χ1v) is 8.80. The van der Waals surface area contributed by atoms with Crippen LogP contribution in [-0.2, 0) is 4.57 Å². The van der Waals surface area contributed by atoms with Crippen LogP contribution in [0.25, 0.3) is 0 Å². The molecule has 5 N–H and O–H groups in total. The highest BCUT2D eigenvalue weighted by atomic mass is 31.2. The van der Waals surface area contributed by atoms with Crippen LogP contribution in [0.2, 0.25) is 0 Å². The van der Waals surface area contributed by atoms with Crippen LogP contribution in [0.1, 0.15) is 18.4 Å². The lowest BCUT2D eigenvalue weighted by Crippen LogP contribution is -2.21. The molecule has 2 aromatic rings. The van der Waals surface area contributed by atoms with Crippen LogP contribution in [0.3, 0.4) is 0 Å². The van der Waals surface area contributed by atoms with E-state index >= 15 is 0 Å². The fraction of sp³-hybridized carbons (Fsp3) is 0.188. The summed E-state index contributed by atoms with van der Waals surface area (Å²) in [7, 11) is -3.39. The first kappa shape index (κ1) is 16.3. The van der Waals surface area contributed by atoms with Crippen LogP contribution in [0, 0.1) is 0 Å². The average molecular weight is 317 g/mol. The smallest absolute Gasteiger partial charge is 0.230 e. The maximum absolute atomic E-state index is 12.5. The second-order valence-corrected chi connectivity index (χ2v) is 7.54. The van der Waals surface area contributed by atoms with Gasteiger partial charge in [-0.2, -0.15) is 0 Å². The summed E-state index contributed by atoms with van der Waals surface area (Å²) in [5.74, 6) is -0.105. The Morgan fingerprint density at radius 3 is 2.50 bits per heavy atom. The van der Waals surface area contributed by atoms with Gasteiger partial charge in [0.05, 0.1) is 5.69 Å². The first-order valence-electron chi connectivity index (χ1n) is 6.95. The van der Waals surface area contributed by atoms with Crippen LogP contribution < -0.4 is 16.8 Å². The number of aliphatic imine (C=N–C) groups is 1. The van der Waals surface area contributed by atoms with Crippen LogP contribution in [0.15, 0.2) is 59.6 Å². The minimum Gasteiger partial charge on any atom is -0.370 e. The molecule has 2 aromatic carbocycles. The third-order valence-electron chi connectivity index (χ3n) is 3.38. The maximum atomic E-state index is 12.5. The van der Waals surface area contributed by atoms with E-state index in [-0.39, 0.29) is 18.0 Å². The highest BCUT2D eigenvalue weighted by Gasteiger charge is 2.24. The summed E-state index contributed by atoms with van der Waals surface area (Å²) in [5, 5.41) is 0.474. The number of nitrogens with two attached hydrogens (primary N) is 2. The van der Waals surface area contributed by atoms with E-state index in [9.17, 15) is 9.46 Å². The van der Waals surface area contributed by atoms with Gasteiger partial charge in [-0.3, -0.25) is 4.57 Å². The molecule has 2 unspecified atom stereocenters. The Bertz CT molecular complexity index is 712. The molecule has 0 saturated carbocycles. The minimum atomic E-state index is -3.39. The normalized spacial score (nSPS) is 14.8. The standard InChI is InChI=1S/C16H20N3O2P/c1-12(11-22(20,21)15-8-3-2-4-9-15)13-6-5-7-14(10-13)19-16(17)18/h2-10,12H,11H2,1H3,(H,20,21)(H4,17,18,19). The minimum absolute atomic E-state index is 0.0121. The Kier molecular flexibility index (Phi) is 5.01. The van der Waals surface area contributed by atoms with Crippen molar-refractivity contribution in [1.82, 2.24) is 0 Å². The van der Waals surface area contributed by atoms with Crippen LogP contribution in [0.4, 0.5) is 5.69 Å². The second-order valence-electron chi connectivity index (χ2n) is 5.25. The van der Waals surface area contributed by atoms with Gasteiger partial charge in [0.2, 0.25) is 7.37 Å². The van der Waals surface area contributed by atoms with Gasteiger partial charge < -0.3 is 16.4 Å². The van der Waals surface area contributed by atoms with Crippen LogP contribution in [0.5, 0.6) is 0 Å². The molecule has 22 heavy (non-hydrogen) atoms. The Balaban J connectivity index is 2.20. The van der Waals surface area contributed by atoms with Crippen molar-refractivity contribution < 1.29 is 9.46 Å². The lowest BCUT2D eigenvalue weighted by molar-refractivity contribution is 0.485. The molecule has 2 atom stereocenters. The number of benzene rings is 2. The predicted octanol–water partition coefficient (Wildman–Crippen LogP) is 2.29. The zero-order valence-electron chi connectivity index (χ0n) is 12.4. The number of guanidine groups is 1. The molecule has 6 heteroatoms. The van der Waals surface area contributed by atoms with Gasteiger partial charge in [0, 0.05) is 11.5 Å². The topological polar surface area (TPSA) is 102 Å². The molecule has 0 aliphatic heterocycles. The van der Waals surface area contributed by atoms with Gasteiger partial charge in [-0.25, -0.2) is 4.99 Å². The van der Waals surface area contributed by atoms with Crippen molar-refractivity contribution >= 4 is 24.3 Å². The first-order chi connectivity index (χ1) is 10.4. The van der Waals surface area contributed by atoms with Crippen molar-refractivity contribution in [2.45, 2.75) is 12.8 Å². The maximum Gasteiger partial charge on any atom is 0.230 e. The summed E-state index contributed by atoms with van der Waals surface area (Å²) in [5.41, 5.74) is 12.3. The van der Waals surface area contributed by atoms with Gasteiger partial charge in [0.15, 0.2) is 5.96 Å². The quantitative estimate of drug-likeness (QED) is 0.447. The van der Waals surface area contributed by atoms with E-state index in [0.717, 1.165) is 5.56 Å². The number of rotatable bonds is 5. The molecule has 0 radical (unpaired) electrons. The summed E-state index contributed by atoms with van der Waals surface area (Å²) >= 11 is 0. The van der Waals surface area contributed by atoms with E-state index in [2.05, 4.69) is 4.99 Å². The van der Waals surface area contributed by atoms with Crippen LogP contribution >= 0.6 is 7.37 Å². The average Bonchev–Trinajstić information content (AvgIpc) is 2.47. The van der Waals surface area contributed by atoms with E-state index in [1.165, 1.54) is 0 Å². The van der Waals surface area contributed by atoms with Crippen molar-refractivity contribution in [1.29, 1.82) is 0 Å². The van der Waals surface area contributed by atoms with Gasteiger partial charge in [-0.15, -0.1) is 0 Å². The Morgan fingerprint density at radius 2 is 1.86 bits per heavy atom. The largest absolute Gasteiger partial charge is 0.370 e. The SMILES string of the molecule is CC(CP(=O)(O)c1ccccc1)c1cccc(N=C(N)N)c1. The Hall–Kier alpha value is -2.10. The Labute approximate surface area is 130 Å². The van der Waals surface area contributed by atoms with Crippen molar-refractivity contribution in [2.24, 2.45) is 16.5 Å². The summed E-state index contributed by atoms with van der Waals surface area (Å²) < 4.78 is 12.5. The molecule has 0 aliphatic rings. The molecule has 0 aromatic heterocycles. The zero-order chi connectivity index (χ0) is 16.2. The number of nitrogens with zero attached hydrogens (tertiary/aromatic N) is 1. The summed E-state index contributed by atoms with van der Waals surface area (Å²) in [4.78, 5) is 14.3. The Morgan fingerprint density at radius 1 is 1.18 bits per heavy atom. The fourth-order valence-electron chi connectivity index (χ4n) is 2.29. The summed E-state index contributed by atoms with van der Waals surface area (Å²) in [6, 6.07) is 16.1. The van der Waals surface area contributed by atoms with Crippen molar-refractivity contribution in [3.8, 4) is 0 Å². The monoisotopic (exact) mass is 317 g/mol. The highest BCUT2D eigenvalue weighted by molar-refractivity contribution is 7.66. The van der Waals surface area contributed by atoms with E-state index in [0.29, 0.717) is 11.0 Å². The molecule has 0 saturated heterocycles. The zero-order valence-corrected chi connectivity index (χ0v) is 13.3. The third-order valence-corrected chi connectivity index (χ3v) is 5.53. The van der Waals surface area contributed by atoms with Crippen LogP contribution in [-0.4, -0.2) is 17.0 Å². The van der Waals surface area contributed by atoms with Gasteiger partial charge >= 0.3 is 0 Å². The third kappa shape index (κ3) is 4.20. The van der Waals surface area contributed by atoms with E-state index < -0.39 is 7.37 Å². The van der Waals surface area contributed by atoms with E-state index in [1.54, 1.807) is 30.3 Å². The second kappa shape index (κ2) is 6.77.